The van der Waals surface area contributed by atoms with E-state index in [9.17, 15) is 0 Å². The number of nitrogens with zero attached hydrogens (tertiary/aromatic N) is 3. The van der Waals surface area contributed by atoms with E-state index in [2.05, 4.69) is 63.8 Å². The van der Waals surface area contributed by atoms with E-state index in [1.807, 2.05) is 0 Å². The van der Waals surface area contributed by atoms with Gasteiger partial charge in [0.2, 0.25) is 5.95 Å². The van der Waals surface area contributed by atoms with Crippen molar-refractivity contribution in [2.45, 2.75) is 13.0 Å². The number of likely N-dealkylation sites (N-methyl/N-ethyl adjacent to an activating group) is 1. The lowest BCUT2D eigenvalue weighted by molar-refractivity contribution is 0.326. The van der Waals surface area contributed by atoms with Crippen molar-refractivity contribution in [2.24, 2.45) is 0 Å². The molecule has 0 aliphatic rings. The number of rotatable bonds is 4. The molecule has 14 heavy (non-hydrogen) atoms. The first-order valence-electron chi connectivity index (χ1n) is 4.47. The highest BCUT2D eigenvalue weighted by atomic mass is 127. The van der Waals surface area contributed by atoms with Gasteiger partial charge >= 0.3 is 0 Å². The van der Waals surface area contributed by atoms with E-state index in [1.54, 1.807) is 12.4 Å². The number of hydrogen-bond donors (Lipinski definition) is 1. The topological polar surface area (TPSA) is 41.1 Å². The average Bonchev–Trinajstić information content (AvgIpc) is 2.16. The quantitative estimate of drug-likeness (QED) is 0.855. The van der Waals surface area contributed by atoms with Crippen LogP contribution in [-0.2, 0) is 0 Å². The summed E-state index contributed by atoms with van der Waals surface area (Å²) in [5.41, 5.74) is 0. The van der Waals surface area contributed by atoms with Crippen LogP contribution in [0.4, 0.5) is 5.95 Å². The fourth-order valence-electron chi connectivity index (χ4n) is 0.825. The Bertz CT molecular complexity index is 273. The highest BCUT2D eigenvalue weighted by molar-refractivity contribution is 14.1. The van der Waals surface area contributed by atoms with Crippen LogP contribution >= 0.6 is 22.6 Å². The Morgan fingerprint density at radius 1 is 1.43 bits per heavy atom. The molecule has 78 valence electrons. The fraction of sp³-hybridized carbons (Fsp3) is 0.556. The minimum absolute atomic E-state index is 0.470. The Hall–Kier alpha value is -0.430. The van der Waals surface area contributed by atoms with Crippen LogP contribution in [0, 0.1) is 3.57 Å². The molecule has 1 atom stereocenters. The number of nitrogens with one attached hydrogen (secondary N) is 1. The molecule has 5 heteroatoms. The standard InChI is InChI=1S/C9H15IN4/c1-7(14(2)3)4-11-9-12-5-8(10)6-13-9/h5-7H,4H2,1-3H3,(H,11,12,13). The molecule has 0 aromatic carbocycles. The van der Waals surface area contributed by atoms with Gasteiger partial charge in [0.05, 0.1) is 0 Å². The van der Waals surface area contributed by atoms with Gasteiger partial charge in [-0.1, -0.05) is 0 Å². The highest BCUT2D eigenvalue weighted by Crippen LogP contribution is 2.03. The van der Waals surface area contributed by atoms with Crippen LogP contribution in [0.2, 0.25) is 0 Å². The van der Waals surface area contributed by atoms with Crippen LogP contribution in [0.1, 0.15) is 6.92 Å². The molecule has 1 heterocycles. The molecular weight excluding hydrogens is 291 g/mol. The molecule has 0 fully saturated rings. The van der Waals surface area contributed by atoms with Gasteiger partial charge < -0.3 is 10.2 Å². The largest absolute Gasteiger partial charge is 0.353 e. The molecule has 0 amide bonds. The first-order chi connectivity index (χ1) is 6.59. The third kappa shape index (κ3) is 3.75. The van der Waals surface area contributed by atoms with Crippen molar-refractivity contribution < 1.29 is 0 Å². The molecule has 4 nitrogen and oxygen atoms in total. The molecular formula is C9H15IN4. The summed E-state index contributed by atoms with van der Waals surface area (Å²) < 4.78 is 1.05. The minimum Gasteiger partial charge on any atom is -0.353 e. The lowest BCUT2D eigenvalue weighted by Crippen LogP contribution is -2.31. The zero-order valence-electron chi connectivity index (χ0n) is 8.66. The van der Waals surface area contributed by atoms with Gasteiger partial charge in [0.15, 0.2) is 0 Å². The normalized spacial score (nSPS) is 12.9. The molecule has 1 unspecified atom stereocenters. The van der Waals surface area contributed by atoms with Crippen molar-refractivity contribution in [3.05, 3.63) is 16.0 Å². The van der Waals surface area contributed by atoms with Gasteiger partial charge in [-0.2, -0.15) is 0 Å². The molecule has 0 bridgehead atoms. The fourth-order valence-corrected chi connectivity index (χ4v) is 1.10. The highest BCUT2D eigenvalue weighted by Gasteiger charge is 2.04. The summed E-state index contributed by atoms with van der Waals surface area (Å²) in [6, 6.07) is 0.470. The van der Waals surface area contributed by atoms with Crippen molar-refractivity contribution in [2.75, 3.05) is 26.0 Å². The van der Waals surface area contributed by atoms with Gasteiger partial charge in [0.25, 0.3) is 0 Å². The smallest absolute Gasteiger partial charge is 0.222 e. The van der Waals surface area contributed by atoms with Gasteiger partial charge in [-0.05, 0) is 43.6 Å². The third-order valence-electron chi connectivity index (χ3n) is 2.06. The van der Waals surface area contributed by atoms with Gasteiger partial charge in [-0.25, -0.2) is 9.97 Å². The average molecular weight is 306 g/mol. The van der Waals surface area contributed by atoms with E-state index in [0.29, 0.717) is 12.0 Å². The van der Waals surface area contributed by atoms with Gasteiger partial charge in [0.1, 0.15) is 0 Å². The Morgan fingerprint density at radius 3 is 2.50 bits per heavy atom. The Labute approximate surface area is 98.3 Å². The van der Waals surface area contributed by atoms with Crippen LogP contribution in [-0.4, -0.2) is 41.5 Å². The molecule has 1 aromatic heterocycles. The van der Waals surface area contributed by atoms with Crippen molar-refractivity contribution in [3.63, 3.8) is 0 Å². The molecule has 0 spiro atoms. The number of hydrogen-bond acceptors (Lipinski definition) is 4. The summed E-state index contributed by atoms with van der Waals surface area (Å²) in [5, 5.41) is 3.19. The van der Waals surface area contributed by atoms with Gasteiger partial charge in [-0.15, -0.1) is 0 Å². The zero-order valence-corrected chi connectivity index (χ0v) is 10.8. The second-order valence-corrected chi connectivity index (χ2v) is 4.66. The first-order valence-corrected chi connectivity index (χ1v) is 5.55. The predicted molar refractivity (Wildman–Crippen MR) is 66.4 cm³/mol. The molecule has 1 N–H and O–H groups in total. The number of aromatic nitrogens is 2. The maximum absolute atomic E-state index is 4.16. The summed E-state index contributed by atoms with van der Waals surface area (Å²) in [7, 11) is 4.11. The van der Waals surface area contributed by atoms with E-state index in [4.69, 9.17) is 0 Å². The second kappa shape index (κ2) is 5.45. The summed E-state index contributed by atoms with van der Waals surface area (Å²) in [5.74, 6) is 0.694. The van der Waals surface area contributed by atoms with Crippen molar-refractivity contribution in [1.29, 1.82) is 0 Å². The number of anilines is 1. The molecule has 1 rings (SSSR count). The van der Waals surface area contributed by atoms with Crippen molar-refractivity contribution >= 4 is 28.5 Å². The van der Waals surface area contributed by atoms with Crippen LogP contribution < -0.4 is 5.32 Å². The summed E-state index contributed by atoms with van der Waals surface area (Å²) in [6.45, 7) is 3.01. The minimum atomic E-state index is 0.470. The maximum Gasteiger partial charge on any atom is 0.222 e. The Kier molecular flexibility index (Phi) is 4.53. The number of halogens is 1. The maximum atomic E-state index is 4.16. The summed E-state index contributed by atoms with van der Waals surface area (Å²) in [6.07, 6.45) is 3.60. The summed E-state index contributed by atoms with van der Waals surface area (Å²) in [4.78, 5) is 10.5. The second-order valence-electron chi connectivity index (χ2n) is 3.42. The lowest BCUT2D eigenvalue weighted by atomic mass is 10.3. The monoisotopic (exact) mass is 306 g/mol. The van der Waals surface area contributed by atoms with Gasteiger partial charge in [-0.3, -0.25) is 0 Å². The van der Waals surface area contributed by atoms with E-state index < -0.39 is 0 Å². The van der Waals surface area contributed by atoms with Gasteiger partial charge in [0, 0.05) is 28.6 Å². The van der Waals surface area contributed by atoms with E-state index >= 15 is 0 Å². The summed E-state index contributed by atoms with van der Waals surface area (Å²) >= 11 is 2.19. The predicted octanol–water partition coefficient (Wildman–Crippen LogP) is 1.44. The van der Waals surface area contributed by atoms with Crippen molar-refractivity contribution in [1.82, 2.24) is 14.9 Å². The van der Waals surface area contributed by atoms with E-state index in [-0.39, 0.29) is 0 Å². The van der Waals surface area contributed by atoms with E-state index in [0.717, 1.165) is 10.1 Å². The van der Waals surface area contributed by atoms with Crippen LogP contribution in [0.3, 0.4) is 0 Å². The van der Waals surface area contributed by atoms with E-state index in [1.165, 1.54) is 0 Å². The van der Waals surface area contributed by atoms with Crippen molar-refractivity contribution in [3.8, 4) is 0 Å². The molecule has 0 saturated carbocycles. The lowest BCUT2D eigenvalue weighted by Gasteiger charge is -2.19. The van der Waals surface area contributed by atoms with Crippen LogP contribution in [0.25, 0.3) is 0 Å². The van der Waals surface area contributed by atoms with Crippen LogP contribution in [0.15, 0.2) is 12.4 Å². The molecule has 0 radical (unpaired) electrons. The zero-order chi connectivity index (χ0) is 10.6. The molecule has 0 saturated heterocycles. The Balaban J connectivity index is 2.42. The first kappa shape index (κ1) is 11.6. The Morgan fingerprint density at radius 2 is 2.00 bits per heavy atom. The molecule has 1 aromatic rings. The molecule has 0 aliphatic carbocycles. The van der Waals surface area contributed by atoms with Crippen LogP contribution in [0.5, 0.6) is 0 Å². The third-order valence-corrected chi connectivity index (χ3v) is 2.61. The SMILES string of the molecule is CC(CNc1ncc(I)cn1)N(C)C. The molecule has 0 aliphatic heterocycles.